The molecule has 1 saturated heterocycles. The highest BCUT2D eigenvalue weighted by molar-refractivity contribution is 8.00. The predicted octanol–water partition coefficient (Wildman–Crippen LogP) is 5.19. The van der Waals surface area contributed by atoms with E-state index in [-0.39, 0.29) is 5.91 Å². The van der Waals surface area contributed by atoms with E-state index in [1.54, 1.807) is 0 Å². The van der Waals surface area contributed by atoms with Crippen LogP contribution in [-0.2, 0) is 9.53 Å². The number of morpholine rings is 1. The lowest BCUT2D eigenvalue weighted by Gasteiger charge is -2.28. The molecule has 1 N–H and O–H groups in total. The molecule has 1 fully saturated rings. The Labute approximate surface area is 215 Å². The molecule has 5 rings (SSSR count). The van der Waals surface area contributed by atoms with Crippen molar-refractivity contribution in [2.24, 2.45) is 0 Å². The average Bonchev–Trinajstić information content (AvgIpc) is 3.33. The molecule has 1 aliphatic rings. The molecule has 0 radical (unpaired) electrons. The van der Waals surface area contributed by atoms with Gasteiger partial charge in [0.2, 0.25) is 11.9 Å². The van der Waals surface area contributed by atoms with Crippen LogP contribution < -0.4 is 10.2 Å². The first-order chi connectivity index (χ1) is 17.6. The molecule has 0 saturated carbocycles. The van der Waals surface area contributed by atoms with Crippen LogP contribution in [0, 0.1) is 13.8 Å². The number of rotatable bonds is 7. The quantitative estimate of drug-likeness (QED) is 0.353. The van der Waals surface area contributed by atoms with Crippen molar-refractivity contribution in [3.63, 3.8) is 0 Å². The van der Waals surface area contributed by atoms with Crippen molar-refractivity contribution in [1.82, 2.24) is 14.8 Å². The molecule has 7 nitrogen and oxygen atoms in total. The van der Waals surface area contributed by atoms with Gasteiger partial charge in [0.15, 0.2) is 5.16 Å². The fourth-order valence-corrected chi connectivity index (χ4v) is 5.13. The van der Waals surface area contributed by atoms with Gasteiger partial charge in [-0.1, -0.05) is 77.5 Å². The van der Waals surface area contributed by atoms with E-state index in [9.17, 15) is 4.79 Å². The van der Waals surface area contributed by atoms with E-state index < -0.39 is 5.25 Å². The van der Waals surface area contributed by atoms with Gasteiger partial charge in [0.1, 0.15) is 5.25 Å². The van der Waals surface area contributed by atoms with E-state index in [1.807, 2.05) is 66.1 Å². The van der Waals surface area contributed by atoms with Crippen LogP contribution in [0.1, 0.15) is 21.9 Å². The number of carbonyl (C=O) groups is 1. The van der Waals surface area contributed by atoms with Crippen LogP contribution in [0.5, 0.6) is 0 Å². The molecule has 0 bridgehead atoms. The van der Waals surface area contributed by atoms with E-state index in [1.165, 1.54) is 17.3 Å². The van der Waals surface area contributed by atoms with Gasteiger partial charge in [-0.15, -0.1) is 10.2 Å². The molecule has 36 heavy (non-hydrogen) atoms. The summed E-state index contributed by atoms with van der Waals surface area (Å²) >= 11 is 1.40. The molecule has 3 aromatic carbocycles. The number of aromatic nitrogens is 3. The van der Waals surface area contributed by atoms with Gasteiger partial charge in [-0.25, -0.2) is 0 Å². The van der Waals surface area contributed by atoms with Crippen LogP contribution >= 0.6 is 11.8 Å². The lowest BCUT2D eigenvalue weighted by atomic mass is 10.1. The van der Waals surface area contributed by atoms with Gasteiger partial charge in [0.05, 0.1) is 18.9 Å². The zero-order chi connectivity index (χ0) is 24.9. The van der Waals surface area contributed by atoms with Crippen molar-refractivity contribution < 1.29 is 9.53 Å². The fourth-order valence-electron chi connectivity index (χ4n) is 4.08. The number of benzene rings is 3. The topological polar surface area (TPSA) is 72.3 Å². The summed E-state index contributed by atoms with van der Waals surface area (Å²) in [6.07, 6.45) is 0. The Balaban J connectivity index is 1.52. The Morgan fingerprint density at radius 1 is 0.889 bits per heavy atom. The summed E-state index contributed by atoms with van der Waals surface area (Å²) in [7, 11) is 0. The molecule has 1 amide bonds. The molecule has 2 heterocycles. The van der Waals surface area contributed by atoms with Crippen molar-refractivity contribution in [3.8, 4) is 5.69 Å². The summed E-state index contributed by atoms with van der Waals surface area (Å²) < 4.78 is 7.60. The van der Waals surface area contributed by atoms with Crippen molar-refractivity contribution in [2.45, 2.75) is 24.3 Å². The highest BCUT2D eigenvalue weighted by Crippen LogP contribution is 2.38. The van der Waals surface area contributed by atoms with Gasteiger partial charge < -0.3 is 15.0 Å². The van der Waals surface area contributed by atoms with Crippen LogP contribution in [0.3, 0.4) is 0 Å². The highest BCUT2D eigenvalue weighted by Gasteiger charge is 2.28. The summed E-state index contributed by atoms with van der Waals surface area (Å²) in [5.74, 6) is 0.650. The maximum atomic E-state index is 13.6. The second-order valence-electron chi connectivity index (χ2n) is 8.82. The highest BCUT2D eigenvalue weighted by atomic mass is 32.2. The molecule has 184 valence electrons. The SMILES string of the molecule is Cc1ccc(NC(=O)C(Sc2nnc(N3CCOCC3)n2-c2ccc(C)cc2)c2ccccc2)cc1. The third kappa shape index (κ3) is 5.45. The number of thioether (sulfide) groups is 1. The van der Waals surface area contributed by atoms with Gasteiger partial charge in [-0.3, -0.25) is 9.36 Å². The normalized spacial score (nSPS) is 14.4. The maximum Gasteiger partial charge on any atom is 0.242 e. The summed E-state index contributed by atoms with van der Waals surface area (Å²) in [5, 5.41) is 12.4. The zero-order valence-corrected chi connectivity index (χ0v) is 21.2. The van der Waals surface area contributed by atoms with Crippen molar-refractivity contribution in [3.05, 3.63) is 95.6 Å². The molecule has 1 aromatic heterocycles. The first kappa shape index (κ1) is 24.1. The van der Waals surface area contributed by atoms with Gasteiger partial charge in [0.25, 0.3) is 0 Å². The standard InChI is InChI=1S/C28H29N5O2S/c1-20-8-12-23(13-9-20)29-26(34)25(22-6-4-3-5-7-22)36-28-31-30-27(32-16-18-35-19-17-32)33(28)24-14-10-21(2)11-15-24/h3-15,25H,16-19H2,1-2H3,(H,29,34). The number of amides is 1. The van der Waals surface area contributed by atoms with Gasteiger partial charge >= 0.3 is 0 Å². The Morgan fingerprint density at radius 3 is 2.19 bits per heavy atom. The lowest BCUT2D eigenvalue weighted by Crippen LogP contribution is -2.37. The zero-order valence-electron chi connectivity index (χ0n) is 20.4. The molecular formula is C28H29N5O2S. The molecule has 0 aliphatic carbocycles. The first-order valence-electron chi connectivity index (χ1n) is 12.0. The van der Waals surface area contributed by atoms with E-state index >= 15 is 0 Å². The molecule has 1 aliphatic heterocycles. The summed E-state index contributed by atoms with van der Waals surface area (Å²) in [4.78, 5) is 15.8. The second kappa shape index (κ2) is 11.0. The van der Waals surface area contributed by atoms with E-state index in [2.05, 4.69) is 51.6 Å². The largest absolute Gasteiger partial charge is 0.378 e. The van der Waals surface area contributed by atoms with E-state index in [4.69, 9.17) is 4.74 Å². The summed E-state index contributed by atoms with van der Waals surface area (Å²) in [6, 6.07) is 25.9. The third-order valence-corrected chi connectivity index (χ3v) is 7.28. The number of nitrogens with zero attached hydrogens (tertiary/aromatic N) is 4. The van der Waals surface area contributed by atoms with Crippen molar-refractivity contribution in [2.75, 3.05) is 36.5 Å². The van der Waals surface area contributed by atoms with Gasteiger partial charge in [-0.05, 0) is 43.7 Å². The monoisotopic (exact) mass is 499 g/mol. The average molecular weight is 500 g/mol. The second-order valence-corrected chi connectivity index (χ2v) is 9.89. The first-order valence-corrected chi connectivity index (χ1v) is 12.9. The fraction of sp³-hybridized carbons (Fsp3) is 0.250. The number of anilines is 2. The van der Waals surface area contributed by atoms with Crippen LogP contribution in [0.25, 0.3) is 5.69 Å². The molecular weight excluding hydrogens is 470 g/mol. The Bertz CT molecular complexity index is 1300. The number of hydrogen-bond donors (Lipinski definition) is 1. The van der Waals surface area contributed by atoms with Crippen LogP contribution in [-0.4, -0.2) is 47.0 Å². The Hall–Kier alpha value is -3.62. The molecule has 4 aromatic rings. The lowest BCUT2D eigenvalue weighted by molar-refractivity contribution is -0.115. The van der Waals surface area contributed by atoms with Crippen molar-refractivity contribution in [1.29, 1.82) is 0 Å². The molecule has 0 spiro atoms. The van der Waals surface area contributed by atoms with Crippen LogP contribution in [0.15, 0.2) is 84.0 Å². The Morgan fingerprint density at radius 2 is 1.53 bits per heavy atom. The van der Waals surface area contributed by atoms with Crippen LogP contribution in [0.4, 0.5) is 11.6 Å². The summed E-state index contributed by atoms with van der Waals surface area (Å²) in [5.41, 5.74) is 4.94. The minimum Gasteiger partial charge on any atom is -0.378 e. The number of ether oxygens (including phenoxy) is 1. The van der Waals surface area contributed by atoms with Gasteiger partial charge in [-0.2, -0.15) is 0 Å². The van der Waals surface area contributed by atoms with E-state index in [0.29, 0.717) is 18.4 Å². The number of carbonyl (C=O) groups excluding carboxylic acids is 1. The van der Waals surface area contributed by atoms with Gasteiger partial charge in [0, 0.05) is 18.8 Å². The molecule has 1 atom stereocenters. The Kier molecular flexibility index (Phi) is 7.34. The minimum atomic E-state index is -0.515. The van der Waals surface area contributed by atoms with Crippen molar-refractivity contribution >= 4 is 29.3 Å². The predicted molar refractivity (Wildman–Crippen MR) is 144 cm³/mol. The summed E-state index contributed by atoms with van der Waals surface area (Å²) in [6.45, 7) is 6.87. The number of hydrogen-bond acceptors (Lipinski definition) is 6. The molecule has 1 unspecified atom stereocenters. The minimum absolute atomic E-state index is 0.110. The number of nitrogens with one attached hydrogen (secondary N) is 1. The smallest absolute Gasteiger partial charge is 0.242 e. The maximum absolute atomic E-state index is 13.6. The van der Waals surface area contributed by atoms with E-state index in [0.717, 1.165) is 41.5 Å². The van der Waals surface area contributed by atoms with Crippen LogP contribution in [0.2, 0.25) is 0 Å². The molecule has 8 heteroatoms. The number of aryl methyl sites for hydroxylation is 2. The third-order valence-electron chi connectivity index (χ3n) is 6.09.